The first-order chi connectivity index (χ1) is 17.2. The van der Waals surface area contributed by atoms with Gasteiger partial charge in [-0.2, -0.15) is 5.12 Å². The van der Waals surface area contributed by atoms with Crippen LogP contribution in [0.4, 0.5) is 19.4 Å². The van der Waals surface area contributed by atoms with E-state index in [2.05, 4.69) is 10.4 Å². The fourth-order valence-electron chi connectivity index (χ4n) is 3.28. The van der Waals surface area contributed by atoms with E-state index in [-0.39, 0.29) is 30.4 Å². The van der Waals surface area contributed by atoms with Crippen molar-refractivity contribution >= 4 is 46.1 Å². The van der Waals surface area contributed by atoms with Gasteiger partial charge in [-0.3, -0.25) is 9.59 Å². The molecule has 3 N–H and O–H groups in total. The first-order valence-corrected chi connectivity index (χ1v) is 11.3. The summed E-state index contributed by atoms with van der Waals surface area (Å²) in [5.41, 5.74) is 8.19. The van der Waals surface area contributed by atoms with Crippen LogP contribution in [0.2, 0.25) is 5.02 Å². The maximum atomic E-state index is 13.9. The largest absolute Gasteiger partial charge is 0.448 e. The van der Waals surface area contributed by atoms with Crippen molar-refractivity contribution in [3.63, 3.8) is 0 Å². The molecule has 0 aliphatic heterocycles. The number of primary amides is 1. The van der Waals surface area contributed by atoms with Crippen molar-refractivity contribution in [1.82, 2.24) is 15.5 Å². The number of pyridine rings is 1. The van der Waals surface area contributed by atoms with Gasteiger partial charge in [-0.1, -0.05) is 23.7 Å². The summed E-state index contributed by atoms with van der Waals surface area (Å²) in [6.45, 7) is 1.00. The number of hydrazine groups is 2. The molecule has 0 aliphatic rings. The summed E-state index contributed by atoms with van der Waals surface area (Å²) < 4.78 is 33.0. The Labute approximate surface area is 210 Å². The molecule has 0 spiro atoms. The van der Waals surface area contributed by atoms with Gasteiger partial charge in [0.15, 0.2) is 5.82 Å². The van der Waals surface area contributed by atoms with Crippen molar-refractivity contribution in [2.24, 2.45) is 5.73 Å². The van der Waals surface area contributed by atoms with Gasteiger partial charge in [-0.05, 0) is 54.1 Å². The van der Waals surface area contributed by atoms with Crippen molar-refractivity contribution < 1.29 is 27.9 Å². The van der Waals surface area contributed by atoms with Gasteiger partial charge in [-0.25, -0.2) is 24.0 Å². The Bertz CT molecular complexity index is 1280. The molecule has 2 aromatic carbocycles. The molecule has 0 unspecified atom stereocenters. The number of amides is 3. The molecule has 1 heterocycles. The van der Waals surface area contributed by atoms with Gasteiger partial charge < -0.3 is 10.5 Å². The van der Waals surface area contributed by atoms with E-state index < -0.39 is 29.5 Å². The Balaban J connectivity index is 1.90. The predicted octanol–water partition coefficient (Wildman–Crippen LogP) is 4.23. The number of aromatic nitrogens is 1. The van der Waals surface area contributed by atoms with Gasteiger partial charge in [0.1, 0.15) is 11.6 Å². The molecule has 190 valence electrons. The highest BCUT2D eigenvalue weighted by atomic mass is 35.5. The molecule has 0 aliphatic carbocycles. The van der Waals surface area contributed by atoms with Crippen molar-refractivity contribution in [2.45, 2.75) is 32.7 Å². The number of halogens is 3. The smallest absolute Gasteiger partial charge is 0.436 e. The lowest BCUT2D eigenvalue weighted by Crippen LogP contribution is -2.56. The third-order valence-electron chi connectivity index (χ3n) is 5.05. The topological polar surface area (TPSA) is 118 Å². The van der Waals surface area contributed by atoms with E-state index in [9.17, 15) is 23.2 Å². The Morgan fingerprint density at radius 2 is 1.89 bits per heavy atom. The summed E-state index contributed by atoms with van der Waals surface area (Å²) in [5, 5.41) is 2.58. The lowest BCUT2D eigenvalue weighted by atomic mass is 10.2. The zero-order chi connectivity index (χ0) is 26.2. The fraction of sp³-hybridized carbons (Fsp3) is 0.250. The number of nitrogens with zero attached hydrogens (tertiary/aromatic N) is 3. The third kappa shape index (κ3) is 6.86. The van der Waals surface area contributed by atoms with Crippen LogP contribution < -0.4 is 16.2 Å². The summed E-state index contributed by atoms with van der Waals surface area (Å²) in [7, 11) is 0. The number of nitrogens with two attached hydrogens (primary N) is 1. The van der Waals surface area contributed by atoms with Crippen LogP contribution in [0.5, 0.6) is 0 Å². The second-order valence-corrected chi connectivity index (χ2v) is 8.14. The van der Waals surface area contributed by atoms with Crippen LogP contribution in [0, 0.1) is 11.6 Å². The van der Waals surface area contributed by atoms with Gasteiger partial charge in [0.2, 0.25) is 5.91 Å². The zero-order valence-electron chi connectivity index (χ0n) is 19.3. The van der Waals surface area contributed by atoms with Crippen molar-refractivity contribution in [2.75, 3.05) is 11.6 Å². The number of rotatable bonds is 9. The quantitative estimate of drug-likeness (QED) is 0.322. The highest BCUT2D eigenvalue weighted by Crippen LogP contribution is 2.23. The van der Waals surface area contributed by atoms with E-state index in [1.165, 1.54) is 49.5 Å². The number of unbranched alkanes of at least 4 members (excludes halogenated alkanes) is 1. The normalized spacial score (nSPS) is 10.8. The summed E-state index contributed by atoms with van der Waals surface area (Å²) in [4.78, 5) is 40.8. The fourth-order valence-corrected chi connectivity index (χ4v) is 3.48. The summed E-state index contributed by atoms with van der Waals surface area (Å²) in [5.74, 6) is -2.28. The molecular weight excluding hydrogens is 496 g/mol. The van der Waals surface area contributed by atoms with Crippen LogP contribution in [-0.2, 0) is 20.9 Å². The molecule has 3 amide bonds. The summed E-state index contributed by atoms with van der Waals surface area (Å²) in [6, 6.07) is 9.66. The maximum absolute atomic E-state index is 13.9. The molecule has 0 atom stereocenters. The third-order valence-corrected chi connectivity index (χ3v) is 5.47. The average molecular weight is 520 g/mol. The molecule has 12 heteroatoms. The Morgan fingerprint density at radius 3 is 2.61 bits per heavy atom. The minimum Gasteiger partial charge on any atom is -0.448 e. The second-order valence-electron chi connectivity index (χ2n) is 7.76. The number of carbonyl (C=O) groups excluding carboxylic acids is 3. The number of anilines is 1. The molecular formula is C24H24ClF2N5O4. The number of ether oxygens (including phenoxy) is 1. The molecule has 0 bridgehead atoms. The van der Waals surface area contributed by atoms with Crippen LogP contribution in [-0.4, -0.2) is 34.6 Å². The van der Waals surface area contributed by atoms with Gasteiger partial charge in [0.05, 0.1) is 11.6 Å². The lowest BCUT2D eigenvalue weighted by molar-refractivity contribution is -0.132. The molecule has 0 fully saturated rings. The highest BCUT2D eigenvalue weighted by Gasteiger charge is 2.29. The van der Waals surface area contributed by atoms with Gasteiger partial charge in [-0.15, -0.1) is 5.01 Å². The number of nitrogens with one attached hydrogen (secondary N) is 1. The Hall–Kier alpha value is -3.83. The molecule has 3 rings (SSSR count). The zero-order valence-corrected chi connectivity index (χ0v) is 20.1. The maximum Gasteiger partial charge on any atom is 0.436 e. The predicted molar refractivity (Wildman–Crippen MR) is 129 cm³/mol. The van der Waals surface area contributed by atoms with Crippen LogP contribution in [0.15, 0.2) is 48.7 Å². The van der Waals surface area contributed by atoms with Gasteiger partial charge >= 0.3 is 6.09 Å². The second kappa shape index (κ2) is 12.2. The first-order valence-electron chi connectivity index (χ1n) is 10.9. The summed E-state index contributed by atoms with van der Waals surface area (Å²) >= 11 is 6.01. The average Bonchev–Trinajstić information content (AvgIpc) is 2.83. The first kappa shape index (κ1) is 26.8. The summed E-state index contributed by atoms with van der Waals surface area (Å²) in [6.07, 6.45) is 1.34. The highest BCUT2D eigenvalue weighted by molar-refractivity contribution is 6.31. The van der Waals surface area contributed by atoms with Gasteiger partial charge in [0, 0.05) is 31.5 Å². The standard InChI is InChI=1S/C24H24ClF2N5O4/c1-15(33)32(30-14-17-5-4-6-20(27)23(17)25)31(24(35)36-10-3-2-7-21(28)34)22-12-18-11-19(26)9-8-16(18)13-29-22/h4-6,8-9,11-13,30H,2-3,7,10,14H2,1H3,(H2,28,34). The number of fused-ring (bicyclic) bond motifs is 1. The van der Waals surface area contributed by atoms with E-state index in [1.807, 2.05) is 0 Å². The van der Waals surface area contributed by atoms with E-state index in [4.69, 9.17) is 22.1 Å². The van der Waals surface area contributed by atoms with E-state index in [0.717, 1.165) is 10.1 Å². The minimum atomic E-state index is -0.967. The van der Waals surface area contributed by atoms with Crippen molar-refractivity contribution in [1.29, 1.82) is 0 Å². The van der Waals surface area contributed by atoms with Crippen LogP contribution >= 0.6 is 11.6 Å². The molecule has 1 aromatic heterocycles. The van der Waals surface area contributed by atoms with E-state index in [0.29, 0.717) is 29.2 Å². The number of hydrogen-bond donors (Lipinski definition) is 2. The van der Waals surface area contributed by atoms with E-state index >= 15 is 0 Å². The minimum absolute atomic E-state index is 0.0386. The number of carbonyl (C=O) groups is 3. The van der Waals surface area contributed by atoms with Crippen molar-refractivity contribution in [3.05, 3.63) is 70.9 Å². The molecule has 9 nitrogen and oxygen atoms in total. The monoisotopic (exact) mass is 519 g/mol. The number of hydrogen-bond acceptors (Lipinski definition) is 6. The Morgan fingerprint density at radius 1 is 1.11 bits per heavy atom. The molecule has 36 heavy (non-hydrogen) atoms. The van der Waals surface area contributed by atoms with E-state index in [1.54, 1.807) is 6.07 Å². The molecule has 3 aromatic rings. The van der Waals surface area contributed by atoms with Crippen LogP contribution in [0.25, 0.3) is 10.8 Å². The number of benzene rings is 2. The van der Waals surface area contributed by atoms with Crippen LogP contribution in [0.3, 0.4) is 0 Å². The SMILES string of the molecule is CC(=O)N(NCc1cccc(F)c1Cl)N(C(=O)OCCCCC(N)=O)c1cc2cc(F)ccc2cn1. The molecule has 0 saturated heterocycles. The molecule has 0 saturated carbocycles. The van der Waals surface area contributed by atoms with Gasteiger partial charge in [0.25, 0.3) is 5.91 Å². The van der Waals surface area contributed by atoms with Crippen LogP contribution in [0.1, 0.15) is 31.7 Å². The Kier molecular flexibility index (Phi) is 9.09. The van der Waals surface area contributed by atoms with Crippen molar-refractivity contribution in [3.8, 4) is 0 Å². The lowest BCUT2D eigenvalue weighted by Gasteiger charge is -2.32. The molecule has 0 radical (unpaired) electrons.